The largest absolute Gasteiger partial charge is 0.382 e. The summed E-state index contributed by atoms with van der Waals surface area (Å²) in [5.41, 5.74) is 0.580. The molecule has 3 heteroatoms. The second-order valence-electron chi connectivity index (χ2n) is 3.69. The lowest BCUT2D eigenvalue weighted by Crippen LogP contribution is -2.13. The van der Waals surface area contributed by atoms with E-state index in [4.69, 9.17) is 0 Å². The summed E-state index contributed by atoms with van der Waals surface area (Å²) in [6.45, 7) is 5.15. The Balaban J connectivity index is 2.60. The fraction of sp³-hybridized carbons (Fsp3) is 0.500. The van der Waals surface area contributed by atoms with Crippen LogP contribution in [-0.2, 0) is 0 Å². The molecule has 1 nitrogen and oxygen atoms in total. The van der Waals surface area contributed by atoms with Crippen molar-refractivity contribution in [3.05, 3.63) is 28.5 Å². The number of hydrogen-bond acceptors (Lipinski definition) is 1. The average Bonchev–Trinajstić information content (AvgIpc) is 2.24. The molecule has 0 atom stereocenters. The van der Waals surface area contributed by atoms with E-state index in [0.29, 0.717) is 11.6 Å². The smallest absolute Gasteiger partial charge is 0.146 e. The Hall–Kier alpha value is -0.570. The lowest BCUT2D eigenvalue weighted by atomic mass is 10.0. The zero-order valence-electron chi connectivity index (χ0n) is 9.19. The van der Waals surface area contributed by atoms with Gasteiger partial charge in [-0.05, 0) is 24.1 Å². The van der Waals surface area contributed by atoms with Gasteiger partial charge in [-0.1, -0.05) is 42.6 Å². The standard InChI is InChI=1S/C12H17BrFN/c1-3-9(4-2)8-15-12-7-10(13)5-6-11(12)14/h5-7,9,15H,3-4,8H2,1-2H3. The van der Waals surface area contributed by atoms with E-state index in [1.54, 1.807) is 12.1 Å². The van der Waals surface area contributed by atoms with Gasteiger partial charge >= 0.3 is 0 Å². The Labute approximate surface area is 99.2 Å². The van der Waals surface area contributed by atoms with Crippen LogP contribution in [0.15, 0.2) is 22.7 Å². The van der Waals surface area contributed by atoms with Crippen LogP contribution in [0.1, 0.15) is 26.7 Å². The third-order valence-electron chi connectivity index (χ3n) is 2.66. The van der Waals surface area contributed by atoms with Crippen molar-refractivity contribution < 1.29 is 4.39 Å². The molecule has 0 heterocycles. The summed E-state index contributed by atoms with van der Waals surface area (Å²) in [5, 5.41) is 3.15. The molecular formula is C12H17BrFN. The molecule has 0 aromatic heterocycles. The van der Waals surface area contributed by atoms with Crippen molar-refractivity contribution in [2.75, 3.05) is 11.9 Å². The van der Waals surface area contributed by atoms with Gasteiger partial charge in [0.25, 0.3) is 0 Å². The van der Waals surface area contributed by atoms with Gasteiger partial charge in [0.05, 0.1) is 5.69 Å². The second kappa shape index (κ2) is 6.11. The Morgan fingerprint density at radius 3 is 2.60 bits per heavy atom. The van der Waals surface area contributed by atoms with E-state index >= 15 is 0 Å². The quantitative estimate of drug-likeness (QED) is 0.837. The van der Waals surface area contributed by atoms with Crippen LogP contribution in [0, 0.1) is 11.7 Å². The molecule has 0 aliphatic heterocycles. The Morgan fingerprint density at radius 2 is 2.00 bits per heavy atom. The number of anilines is 1. The Kier molecular flexibility index (Phi) is 5.09. The van der Waals surface area contributed by atoms with Crippen LogP contribution in [0.4, 0.5) is 10.1 Å². The van der Waals surface area contributed by atoms with Crippen LogP contribution >= 0.6 is 15.9 Å². The van der Waals surface area contributed by atoms with Gasteiger partial charge in [-0.15, -0.1) is 0 Å². The highest BCUT2D eigenvalue weighted by molar-refractivity contribution is 9.10. The van der Waals surface area contributed by atoms with E-state index in [1.165, 1.54) is 6.07 Å². The van der Waals surface area contributed by atoms with E-state index in [9.17, 15) is 4.39 Å². The van der Waals surface area contributed by atoms with Gasteiger partial charge in [-0.2, -0.15) is 0 Å². The molecule has 15 heavy (non-hydrogen) atoms. The molecule has 1 aromatic rings. The highest BCUT2D eigenvalue weighted by Gasteiger charge is 2.06. The number of nitrogens with one attached hydrogen (secondary N) is 1. The summed E-state index contributed by atoms with van der Waals surface area (Å²) in [4.78, 5) is 0. The highest BCUT2D eigenvalue weighted by Crippen LogP contribution is 2.20. The first kappa shape index (κ1) is 12.5. The van der Waals surface area contributed by atoms with Crippen molar-refractivity contribution in [2.45, 2.75) is 26.7 Å². The molecule has 0 saturated carbocycles. The fourth-order valence-corrected chi connectivity index (χ4v) is 1.83. The first-order valence-corrected chi connectivity index (χ1v) is 6.15. The average molecular weight is 274 g/mol. The third-order valence-corrected chi connectivity index (χ3v) is 3.16. The van der Waals surface area contributed by atoms with E-state index in [0.717, 1.165) is 23.9 Å². The normalized spacial score (nSPS) is 10.7. The molecule has 0 fully saturated rings. The molecule has 0 amide bonds. The minimum atomic E-state index is -0.191. The number of benzene rings is 1. The van der Waals surface area contributed by atoms with Crippen LogP contribution in [0.5, 0.6) is 0 Å². The van der Waals surface area contributed by atoms with Gasteiger partial charge < -0.3 is 5.32 Å². The Bertz CT molecular complexity index is 310. The summed E-state index contributed by atoms with van der Waals surface area (Å²) in [5.74, 6) is 0.424. The molecular weight excluding hydrogens is 257 g/mol. The monoisotopic (exact) mass is 273 g/mol. The van der Waals surface area contributed by atoms with E-state index in [1.807, 2.05) is 0 Å². The first-order valence-electron chi connectivity index (χ1n) is 5.36. The third kappa shape index (κ3) is 3.82. The lowest BCUT2D eigenvalue weighted by molar-refractivity contribution is 0.517. The van der Waals surface area contributed by atoms with Crippen molar-refractivity contribution >= 4 is 21.6 Å². The minimum absolute atomic E-state index is 0.191. The molecule has 1 N–H and O–H groups in total. The van der Waals surface area contributed by atoms with E-state index in [2.05, 4.69) is 35.1 Å². The van der Waals surface area contributed by atoms with Crippen LogP contribution < -0.4 is 5.32 Å². The number of rotatable bonds is 5. The fourth-order valence-electron chi connectivity index (χ4n) is 1.46. The van der Waals surface area contributed by atoms with Crippen LogP contribution in [0.3, 0.4) is 0 Å². The van der Waals surface area contributed by atoms with Gasteiger partial charge in [-0.25, -0.2) is 4.39 Å². The van der Waals surface area contributed by atoms with Gasteiger partial charge in [-0.3, -0.25) is 0 Å². The highest BCUT2D eigenvalue weighted by atomic mass is 79.9. The molecule has 0 aliphatic rings. The summed E-state index contributed by atoms with van der Waals surface area (Å²) >= 11 is 3.33. The molecule has 1 aromatic carbocycles. The predicted octanol–water partition coefficient (Wildman–Crippen LogP) is 4.44. The van der Waals surface area contributed by atoms with Crippen molar-refractivity contribution in [3.63, 3.8) is 0 Å². The molecule has 0 unspecified atom stereocenters. The zero-order chi connectivity index (χ0) is 11.3. The summed E-state index contributed by atoms with van der Waals surface area (Å²) in [6, 6.07) is 4.95. The SMILES string of the molecule is CCC(CC)CNc1cc(Br)ccc1F. The van der Waals surface area contributed by atoms with Crippen molar-refractivity contribution in [2.24, 2.45) is 5.92 Å². The summed E-state index contributed by atoms with van der Waals surface area (Å²) in [7, 11) is 0. The van der Waals surface area contributed by atoms with Crippen molar-refractivity contribution in [1.82, 2.24) is 0 Å². The maximum Gasteiger partial charge on any atom is 0.146 e. The predicted molar refractivity (Wildman–Crippen MR) is 66.7 cm³/mol. The molecule has 0 saturated heterocycles. The second-order valence-corrected chi connectivity index (χ2v) is 4.60. The maximum atomic E-state index is 13.3. The molecule has 0 bridgehead atoms. The van der Waals surface area contributed by atoms with Crippen molar-refractivity contribution in [1.29, 1.82) is 0 Å². The lowest BCUT2D eigenvalue weighted by Gasteiger charge is -2.14. The number of halogens is 2. The van der Waals surface area contributed by atoms with Gasteiger partial charge in [0, 0.05) is 11.0 Å². The van der Waals surface area contributed by atoms with Gasteiger partial charge in [0.15, 0.2) is 0 Å². The minimum Gasteiger partial charge on any atom is -0.382 e. The van der Waals surface area contributed by atoms with Crippen molar-refractivity contribution in [3.8, 4) is 0 Å². The first-order chi connectivity index (χ1) is 7.17. The summed E-state index contributed by atoms with van der Waals surface area (Å²) in [6.07, 6.45) is 2.25. The van der Waals surface area contributed by atoms with Crippen LogP contribution in [0.2, 0.25) is 0 Å². The summed E-state index contributed by atoms with van der Waals surface area (Å²) < 4.78 is 14.2. The van der Waals surface area contributed by atoms with E-state index in [-0.39, 0.29) is 5.82 Å². The zero-order valence-corrected chi connectivity index (χ0v) is 10.8. The van der Waals surface area contributed by atoms with Crippen LogP contribution in [0.25, 0.3) is 0 Å². The number of hydrogen-bond donors (Lipinski definition) is 1. The molecule has 1 rings (SSSR count). The molecule has 0 aliphatic carbocycles. The van der Waals surface area contributed by atoms with Gasteiger partial charge in [0.1, 0.15) is 5.82 Å². The Morgan fingerprint density at radius 1 is 1.33 bits per heavy atom. The molecule has 84 valence electrons. The van der Waals surface area contributed by atoms with Crippen LogP contribution in [-0.4, -0.2) is 6.54 Å². The topological polar surface area (TPSA) is 12.0 Å². The maximum absolute atomic E-state index is 13.3. The molecule has 0 spiro atoms. The van der Waals surface area contributed by atoms with Gasteiger partial charge in [0.2, 0.25) is 0 Å². The van der Waals surface area contributed by atoms with E-state index < -0.39 is 0 Å². The molecule has 0 radical (unpaired) electrons.